The molecule has 4 aromatic rings. The van der Waals surface area contributed by atoms with Crippen LogP contribution in [0.25, 0.3) is 11.2 Å². The summed E-state index contributed by atoms with van der Waals surface area (Å²) >= 11 is 0. The third-order valence-electron chi connectivity index (χ3n) is 8.37. The molecule has 5 atom stereocenters. The molecule has 244 valence electrons. The van der Waals surface area contributed by atoms with Crippen LogP contribution in [-0.4, -0.2) is 97.6 Å². The van der Waals surface area contributed by atoms with Crippen molar-refractivity contribution in [2.24, 2.45) is 0 Å². The van der Waals surface area contributed by atoms with Gasteiger partial charge in [0.15, 0.2) is 29.3 Å². The fraction of sp³-hybridized carbons (Fsp3) is 0.419. The van der Waals surface area contributed by atoms with E-state index in [0.717, 1.165) is 24.0 Å². The van der Waals surface area contributed by atoms with Crippen molar-refractivity contribution in [2.45, 2.75) is 55.5 Å². The predicted octanol–water partition coefficient (Wildman–Crippen LogP) is 2.76. The first kappa shape index (κ1) is 31.7. The van der Waals surface area contributed by atoms with E-state index in [1.807, 2.05) is 65.6 Å². The van der Waals surface area contributed by atoms with Crippen LogP contribution >= 0.6 is 0 Å². The van der Waals surface area contributed by atoms with Gasteiger partial charge in [0.25, 0.3) is 0 Å². The van der Waals surface area contributed by atoms with Crippen molar-refractivity contribution < 1.29 is 42.8 Å². The van der Waals surface area contributed by atoms with Crippen LogP contribution in [0, 0.1) is 0 Å². The molecule has 2 aliphatic heterocycles. The summed E-state index contributed by atoms with van der Waals surface area (Å²) in [5.74, 6) is -1.97. The van der Waals surface area contributed by atoms with Crippen molar-refractivity contribution in [3.05, 3.63) is 78.1 Å². The standard InChI is InChI=1S/C31H33F3N6O6/c32-31(33,34)29(44)46-25-22(16-42)45-28(24(25)43)40-17-36-23-26(37-30(38-27(23)40)39-13-7-12-20(39)15-41)35-14-21(18-8-3-1-4-9-18)19-10-5-2-6-11-19/h1-6,8-11,17,20-22,24-25,28,41-43H,7,12-16H2,(H,35,37,38)/t20-,22+,24+,25+,28+/m0/s1. The minimum Gasteiger partial charge on any atom is -0.450 e. The largest absolute Gasteiger partial charge is 0.490 e. The van der Waals surface area contributed by atoms with Crippen molar-refractivity contribution in [2.75, 3.05) is 36.5 Å². The van der Waals surface area contributed by atoms with E-state index in [2.05, 4.69) is 15.0 Å². The molecule has 6 rings (SSSR count). The number of imidazole rings is 1. The van der Waals surface area contributed by atoms with Crippen LogP contribution in [0.2, 0.25) is 0 Å². The lowest BCUT2D eigenvalue weighted by molar-refractivity contribution is -0.210. The molecular formula is C31H33F3N6O6. The number of benzene rings is 2. The summed E-state index contributed by atoms with van der Waals surface area (Å²) in [6, 6.07) is 19.6. The molecule has 0 bridgehead atoms. The topological polar surface area (TPSA) is 155 Å². The van der Waals surface area contributed by atoms with Gasteiger partial charge in [-0.3, -0.25) is 4.57 Å². The molecule has 2 aromatic heterocycles. The zero-order valence-electron chi connectivity index (χ0n) is 24.5. The predicted molar refractivity (Wildman–Crippen MR) is 159 cm³/mol. The van der Waals surface area contributed by atoms with E-state index in [-0.39, 0.29) is 35.7 Å². The van der Waals surface area contributed by atoms with Gasteiger partial charge >= 0.3 is 12.1 Å². The number of halogens is 3. The highest BCUT2D eigenvalue weighted by atomic mass is 19.4. The Balaban J connectivity index is 1.38. The average molecular weight is 643 g/mol. The molecule has 0 unspecified atom stereocenters. The van der Waals surface area contributed by atoms with Gasteiger partial charge in [0.05, 0.1) is 25.6 Å². The molecule has 0 saturated carbocycles. The number of carbonyl (C=O) groups is 1. The van der Waals surface area contributed by atoms with Crippen molar-refractivity contribution in [1.82, 2.24) is 19.5 Å². The van der Waals surface area contributed by atoms with Crippen LogP contribution < -0.4 is 10.2 Å². The first-order valence-electron chi connectivity index (χ1n) is 14.9. The number of nitrogens with zero attached hydrogens (tertiary/aromatic N) is 5. The van der Waals surface area contributed by atoms with Crippen LogP contribution in [0.5, 0.6) is 0 Å². The summed E-state index contributed by atoms with van der Waals surface area (Å²) in [4.78, 5) is 27.4. The number of fused-ring (bicyclic) bond motifs is 1. The van der Waals surface area contributed by atoms with Gasteiger partial charge in [-0.25, -0.2) is 9.78 Å². The average Bonchev–Trinajstić information content (AvgIpc) is 3.79. The van der Waals surface area contributed by atoms with Crippen molar-refractivity contribution >= 4 is 28.9 Å². The van der Waals surface area contributed by atoms with Gasteiger partial charge in [0.1, 0.15) is 12.2 Å². The van der Waals surface area contributed by atoms with Crippen LogP contribution in [-0.2, 0) is 14.3 Å². The van der Waals surface area contributed by atoms with Gasteiger partial charge in [-0.05, 0) is 24.0 Å². The summed E-state index contributed by atoms with van der Waals surface area (Å²) in [6.45, 7) is 0.0315. The molecular weight excluding hydrogens is 609 g/mol. The summed E-state index contributed by atoms with van der Waals surface area (Å²) in [6.07, 6.45) is -8.95. The monoisotopic (exact) mass is 642 g/mol. The van der Waals surface area contributed by atoms with Crippen LogP contribution in [0.15, 0.2) is 67.0 Å². The molecule has 12 nitrogen and oxygen atoms in total. The smallest absolute Gasteiger partial charge is 0.450 e. The fourth-order valence-electron chi connectivity index (χ4n) is 6.06. The highest BCUT2D eigenvalue weighted by Crippen LogP contribution is 2.36. The molecule has 0 radical (unpaired) electrons. The minimum absolute atomic E-state index is 0.0793. The molecule has 0 amide bonds. The van der Waals surface area contributed by atoms with Crippen LogP contribution in [0.4, 0.5) is 24.9 Å². The molecule has 4 N–H and O–H groups in total. The number of ether oxygens (including phenoxy) is 2. The number of aliphatic hydroxyl groups is 3. The highest BCUT2D eigenvalue weighted by molar-refractivity contribution is 5.84. The second-order valence-corrected chi connectivity index (χ2v) is 11.2. The molecule has 2 aliphatic rings. The van der Waals surface area contributed by atoms with Gasteiger partial charge in [0.2, 0.25) is 5.95 Å². The normalized spacial score (nSPS) is 23.4. The van der Waals surface area contributed by atoms with Crippen molar-refractivity contribution in [3.8, 4) is 0 Å². The zero-order chi connectivity index (χ0) is 32.4. The summed E-state index contributed by atoms with van der Waals surface area (Å²) in [5, 5.41) is 34.3. The molecule has 2 saturated heterocycles. The van der Waals surface area contributed by atoms with E-state index < -0.39 is 43.3 Å². The Morgan fingerprint density at radius 2 is 1.72 bits per heavy atom. The molecule has 15 heteroatoms. The number of carbonyl (C=O) groups excluding carboxylic acids is 1. The number of rotatable bonds is 10. The van der Waals surface area contributed by atoms with Gasteiger partial charge in [-0.1, -0.05) is 60.7 Å². The maximum Gasteiger partial charge on any atom is 0.490 e. The van der Waals surface area contributed by atoms with E-state index in [1.54, 1.807) is 0 Å². The van der Waals surface area contributed by atoms with E-state index in [9.17, 15) is 33.3 Å². The number of hydrogen-bond donors (Lipinski definition) is 4. The van der Waals surface area contributed by atoms with Crippen molar-refractivity contribution in [1.29, 1.82) is 0 Å². The van der Waals surface area contributed by atoms with Gasteiger partial charge in [-0.15, -0.1) is 0 Å². The Bertz CT molecular complexity index is 1600. The second kappa shape index (κ2) is 13.2. The summed E-state index contributed by atoms with van der Waals surface area (Å²) in [7, 11) is 0. The van der Waals surface area contributed by atoms with E-state index in [1.165, 1.54) is 10.9 Å². The number of anilines is 2. The number of nitrogens with one attached hydrogen (secondary N) is 1. The summed E-state index contributed by atoms with van der Waals surface area (Å²) in [5.41, 5.74) is 2.59. The quantitative estimate of drug-likeness (QED) is 0.189. The third-order valence-corrected chi connectivity index (χ3v) is 8.37. The Hall–Kier alpha value is -4.31. The fourth-order valence-corrected chi connectivity index (χ4v) is 6.06. The first-order chi connectivity index (χ1) is 22.2. The van der Waals surface area contributed by atoms with Crippen LogP contribution in [0.3, 0.4) is 0 Å². The second-order valence-electron chi connectivity index (χ2n) is 11.2. The SMILES string of the molecule is O=C(O[C@H]1[C@@H](O)[C@H](n2cnc3c(NCC(c4ccccc4)c4ccccc4)nc(N4CCC[C@H]4CO)nc32)O[C@@H]1CO)C(F)(F)F. The number of aromatic nitrogens is 4. The molecule has 2 aromatic carbocycles. The van der Waals surface area contributed by atoms with Crippen molar-refractivity contribution in [3.63, 3.8) is 0 Å². The van der Waals surface area contributed by atoms with E-state index >= 15 is 0 Å². The number of alkyl halides is 3. The lowest BCUT2D eigenvalue weighted by Crippen LogP contribution is -2.41. The highest BCUT2D eigenvalue weighted by Gasteiger charge is 2.51. The molecule has 2 fully saturated rings. The lowest BCUT2D eigenvalue weighted by atomic mass is 9.91. The van der Waals surface area contributed by atoms with Gasteiger partial charge in [-0.2, -0.15) is 23.1 Å². The molecule has 0 spiro atoms. The van der Waals surface area contributed by atoms with E-state index in [4.69, 9.17) is 14.7 Å². The van der Waals surface area contributed by atoms with Crippen LogP contribution in [0.1, 0.15) is 36.1 Å². The Morgan fingerprint density at radius 3 is 2.33 bits per heavy atom. The number of hydrogen-bond acceptors (Lipinski definition) is 11. The van der Waals surface area contributed by atoms with Gasteiger partial charge < -0.3 is 35.0 Å². The molecule has 46 heavy (non-hydrogen) atoms. The Kier molecular flexibility index (Phi) is 9.08. The van der Waals surface area contributed by atoms with Gasteiger partial charge in [0, 0.05) is 19.0 Å². The Morgan fingerprint density at radius 1 is 1.04 bits per heavy atom. The van der Waals surface area contributed by atoms with E-state index in [0.29, 0.717) is 18.9 Å². The minimum atomic E-state index is -5.31. The molecule has 4 heterocycles. The maximum absolute atomic E-state index is 13.0. The summed E-state index contributed by atoms with van der Waals surface area (Å²) < 4.78 is 50.4. The lowest BCUT2D eigenvalue weighted by Gasteiger charge is -2.25. The first-order valence-corrected chi connectivity index (χ1v) is 14.9. The third kappa shape index (κ3) is 6.23. The zero-order valence-corrected chi connectivity index (χ0v) is 24.5. The maximum atomic E-state index is 13.0. The Labute approximate surface area is 261 Å². The number of aliphatic hydroxyl groups excluding tert-OH is 3. The molecule has 0 aliphatic carbocycles. The number of esters is 1.